The summed E-state index contributed by atoms with van der Waals surface area (Å²) in [6, 6.07) is 3.49. The summed E-state index contributed by atoms with van der Waals surface area (Å²) in [5.41, 5.74) is -1.04. The summed E-state index contributed by atoms with van der Waals surface area (Å²) in [5.74, 6) is -2.21. The molecule has 0 saturated heterocycles. The van der Waals surface area contributed by atoms with Crippen molar-refractivity contribution in [2.24, 2.45) is 0 Å². The number of H-pyrrole nitrogens is 1. The molecule has 108 valence electrons. The van der Waals surface area contributed by atoms with Crippen molar-refractivity contribution in [3.05, 3.63) is 51.1 Å². The van der Waals surface area contributed by atoms with Gasteiger partial charge in [-0.25, -0.2) is 9.78 Å². The molecular formula is C11H7ClN4O5. The minimum absolute atomic E-state index is 0.0183. The molecule has 1 aromatic carbocycles. The van der Waals surface area contributed by atoms with Gasteiger partial charge in [0.25, 0.3) is 11.6 Å². The largest absolute Gasteiger partial charge is 0.477 e. The molecule has 0 radical (unpaired) electrons. The number of carbonyl (C=O) groups excluding carboxylic acids is 1. The number of hydrogen-bond donors (Lipinski definition) is 3. The Morgan fingerprint density at radius 1 is 1.43 bits per heavy atom. The third-order valence-electron chi connectivity index (χ3n) is 2.48. The number of carboxylic acid groups (broad SMARTS) is 1. The number of aromatic carboxylic acids is 1. The van der Waals surface area contributed by atoms with Gasteiger partial charge in [0, 0.05) is 12.1 Å². The molecule has 0 atom stereocenters. The predicted molar refractivity (Wildman–Crippen MR) is 71.6 cm³/mol. The number of rotatable bonds is 4. The Bertz CT molecular complexity index is 742. The first kappa shape index (κ1) is 14.5. The quantitative estimate of drug-likeness (QED) is 0.582. The predicted octanol–water partition coefficient (Wildman–Crippen LogP) is 1.92. The zero-order chi connectivity index (χ0) is 15.6. The number of nitro groups is 1. The van der Waals surface area contributed by atoms with E-state index in [1.807, 2.05) is 0 Å². The molecule has 0 aliphatic heterocycles. The second kappa shape index (κ2) is 5.59. The highest BCUT2D eigenvalue weighted by Crippen LogP contribution is 2.27. The van der Waals surface area contributed by atoms with Crippen molar-refractivity contribution in [1.82, 2.24) is 9.97 Å². The van der Waals surface area contributed by atoms with Crippen molar-refractivity contribution in [3.63, 3.8) is 0 Å². The van der Waals surface area contributed by atoms with Gasteiger partial charge in [-0.3, -0.25) is 14.9 Å². The van der Waals surface area contributed by atoms with Crippen molar-refractivity contribution < 1.29 is 19.6 Å². The highest BCUT2D eigenvalue weighted by atomic mass is 35.5. The number of carboxylic acids is 1. The van der Waals surface area contributed by atoms with Gasteiger partial charge in [-0.05, 0) is 6.07 Å². The first-order valence-electron chi connectivity index (χ1n) is 5.42. The Morgan fingerprint density at radius 3 is 2.76 bits per heavy atom. The maximum Gasteiger partial charge on any atom is 0.354 e. The molecule has 9 nitrogen and oxygen atoms in total. The number of anilines is 1. The SMILES string of the molecule is O=C(Nc1cc([N+](=O)[O-])ccc1Cl)c1nc[nH]c1C(=O)O. The maximum atomic E-state index is 11.9. The van der Waals surface area contributed by atoms with E-state index in [0.717, 1.165) is 12.4 Å². The van der Waals surface area contributed by atoms with E-state index in [9.17, 15) is 19.7 Å². The maximum absolute atomic E-state index is 11.9. The van der Waals surface area contributed by atoms with Gasteiger partial charge in [0.15, 0.2) is 11.4 Å². The van der Waals surface area contributed by atoms with Crippen LogP contribution in [0.5, 0.6) is 0 Å². The number of benzene rings is 1. The summed E-state index contributed by atoms with van der Waals surface area (Å²) in [4.78, 5) is 38.8. The minimum atomic E-state index is -1.36. The minimum Gasteiger partial charge on any atom is -0.477 e. The summed E-state index contributed by atoms with van der Waals surface area (Å²) in [6.45, 7) is 0. The fourth-order valence-corrected chi connectivity index (χ4v) is 1.70. The molecule has 1 aromatic heterocycles. The van der Waals surface area contributed by atoms with Crippen molar-refractivity contribution in [2.45, 2.75) is 0 Å². The zero-order valence-electron chi connectivity index (χ0n) is 10.2. The summed E-state index contributed by atoms with van der Waals surface area (Å²) < 4.78 is 0. The van der Waals surface area contributed by atoms with E-state index >= 15 is 0 Å². The fourth-order valence-electron chi connectivity index (χ4n) is 1.53. The number of aromatic nitrogens is 2. The number of aromatic amines is 1. The molecule has 1 amide bonds. The van der Waals surface area contributed by atoms with Crippen LogP contribution in [-0.2, 0) is 0 Å². The van der Waals surface area contributed by atoms with E-state index < -0.39 is 22.5 Å². The van der Waals surface area contributed by atoms with E-state index in [0.29, 0.717) is 0 Å². The Kier molecular flexibility index (Phi) is 3.85. The molecule has 2 rings (SSSR count). The van der Waals surface area contributed by atoms with E-state index in [-0.39, 0.29) is 22.1 Å². The number of non-ortho nitro benzene ring substituents is 1. The Labute approximate surface area is 121 Å². The van der Waals surface area contributed by atoms with Crippen LogP contribution < -0.4 is 5.32 Å². The lowest BCUT2D eigenvalue weighted by atomic mass is 10.2. The average Bonchev–Trinajstić information content (AvgIpc) is 2.90. The van der Waals surface area contributed by atoms with Gasteiger partial charge in [-0.15, -0.1) is 0 Å². The van der Waals surface area contributed by atoms with Gasteiger partial charge in [0.2, 0.25) is 0 Å². The number of carbonyl (C=O) groups is 2. The molecular weight excluding hydrogens is 304 g/mol. The van der Waals surface area contributed by atoms with Crippen LogP contribution in [0.1, 0.15) is 21.0 Å². The van der Waals surface area contributed by atoms with Crippen LogP contribution >= 0.6 is 11.6 Å². The molecule has 0 spiro atoms. The van der Waals surface area contributed by atoms with Crippen LogP contribution in [-0.4, -0.2) is 31.9 Å². The van der Waals surface area contributed by atoms with Crippen LogP contribution in [0.4, 0.5) is 11.4 Å². The number of nitro benzene ring substituents is 1. The van der Waals surface area contributed by atoms with E-state index in [1.54, 1.807) is 0 Å². The molecule has 0 aliphatic carbocycles. The number of amides is 1. The normalized spacial score (nSPS) is 10.1. The first-order chi connectivity index (χ1) is 9.90. The fraction of sp³-hybridized carbons (Fsp3) is 0. The smallest absolute Gasteiger partial charge is 0.354 e. The lowest BCUT2D eigenvalue weighted by Gasteiger charge is -2.06. The number of nitrogens with zero attached hydrogens (tertiary/aromatic N) is 2. The highest BCUT2D eigenvalue weighted by Gasteiger charge is 2.21. The number of hydrogen-bond acceptors (Lipinski definition) is 5. The zero-order valence-corrected chi connectivity index (χ0v) is 10.9. The Hall–Kier alpha value is -2.94. The molecule has 0 unspecified atom stereocenters. The van der Waals surface area contributed by atoms with Crippen LogP contribution in [0.15, 0.2) is 24.5 Å². The molecule has 0 bridgehead atoms. The van der Waals surface area contributed by atoms with Crippen molar-refractivity contribution in [1.29, 1.82) is 0 Å². The standard InChI is InChI=1S/C11H7ClN4O5/c12-6-2-1-5(16(20)21)3-7(6)15-10(17)8-9(11(18)19)14-4-13-8/h1-4H,(H,13,14)(H,15,17)(H,18,19). The van der Waals surface area contributed by atoms with Crippen LogP contribution in [0, 0.1) is 10.1 Å². The first-order valence-corrected chi connectivity index (χ1v) is 5.80. The molecule has 21 heavy (non-hydrogen) atoms. The van der Waals surface area contributed by atoms with Crippen LogP contribution in [0.25, 0.3) is 0 Å². The van der Waals surface area contributed by atoms with Gasteiger partial charge < -0.3 is 15.4 Å². The summed E-state index contributed by atoms with van der Waals surface area (Å²) in [5, 5.41) is 21.9. The molecule has 0 fully saturated rings. The number of nitrogens with one attached hydrogen (secondary N) is 2. The molecule has 3 N–H and O–H groups in total. The molecule has 10 heteroatoms. The van der Waals surface area contributed by atoms with Crippen molar-refractivity contribution in [3.8, 4) is 0 Å². The van der Waals surface area contributed by atoms with Gasteiger partial charge in [0.05, 0.1) is 22.0 Å². The van der Waals surface area contributed by atoms with E-state index in [2.05, 4.69) is 15.3 Å². The topological polar surface area (TPSA) is 138 Å². The monoisotopic (exact) mass is 310 g/mol. The third-order valence-corrected chi connectivity index (χ3v) is 2.81. The average molecular weight is 311 g/mol. The molecule has 0 aliphatic rings. The lowest BCUT2D eigenvalue weighted by Crippen LogP contribution is -2.16. The van der Waals surface area contributed by atoms with Crippen molar-refractivity contribution >= 4 is 34.9 Å². The van der Waals surface area contributed by atoms with Gasteiger partial charge in [-0.1, -0.05) is 11.6 Å². The van der Waals surface area contributed by atoms with Crippen molar-refractivity contribution in [2.75, 3.05) is 5.32 Å². The van der Waals surface area contributed by atoms with Gasteiger partial charge in [0.1, 0.15) is 0 Å². The molecule has 2 aromatic rings. The third kappa shape index (κ3) is 2.98. The lowest BCUT2D eigenvalue weighted by molar-refractivity contribution is -0.384. The van der Waals surface area contributed by atoms with Crippen LogP contribution in [0.2, 0.25) is 5.02 Å². The summed E-state index contributed by atoms with van der Waals surface area (Å²) in [6.07, 6.45) is 1.05. The highest BCUT2D eigenvalue weighted by molar-refractivity contribution is 6.34. The second-order valence-electron chi connectivity index (χ2n) is 3.81. The number of halogens is 1. The van der Waals surface area contributed by atoms with E-state index in [1.165, 1.54) is 12.1 Å². The second-order valence-corrected chi connectivity index (χ2v) is 4.21. The van der Waals surface area contributed by atoms with Crippen LogP contribution in [0.3, 0.4) is 0 Å². The summed E-state index contributed by atoms with van der Waals surface area (Å²) >= 11 is 5.83. The van der Waals surface area contributed by atoms with Gasteiger partial charge in [-0.2, -0.15) is 0 Å². The Morgan fingerprint density at radius 2 is 2.14 bits per heavy atom. The molecule has 1 heterocycles. The molecule has 0 saturated carbocycles. The summed E-state index contributed by atoms with van der Waals surface area (Å²) in [7, 11) is 0. The van der Waals surface area contributed by atoms with Gasteiger partial charge >= 0.3 is 5.97 Å². The Balaban J connectivity index is 2.31. The van der Waals surface area contributed by atoms with E-state index in [4.69, 9.17) is 16.7 Å². The number of imidazole rings is 1.